The van der Waals surface area contributed by atoms with Crippen LogP contribution in [-0.2, 0) is 13.2 Å². The quantitative estimate of drug-likeness (QED) is 0.668. The number of alkyl halides is 3. The number of para-hydroxylation sites is 2. The molecule has 5 nitrogen and oxygen atoms in total. The maximum atomic E-state index is 13.1. The van der Waals surface area contributed by atoms with E-state index in [9.17, 15) is 18.0 Å². The monoisotopic (exact) mass is 395 g/mol. The third kappa shape index (κ3) is 5.05. The summed E-state index contributed by atoms with van der Waals surface area (Å²) in [6.45, 7) is 0.504. The third-order valence-electron chi connectivity index (χ3n) is 4.97. The van der Waals surface area contributed by atoms with Crippen LogP contribution in [0.2, 0.25) is 0 Å². The van der Waals surface area contributed by atoms with Gasteiger partial charge >= 0.3 is 6.18 Å². The van der Waals surface area contributed by atoms with Gasteiger partial charge < -0.3 is 10.1 Å². The Morgan fingerprint density at radius 3 is 2.71 bits per heavy atom. The van der Waals surface area contributed by atoms with Crippen molar-refractivity contribution in [1.82, 2.24) is 9.78 Å². The van der Waals surface area contributed by atoms with Crippen LogP contribution in [0.15, 0.2) is 30.5 Å². The highest BCUT2D eigenvalue weighted by Crippen LogP contribution is 2.32. The second-order valence-electron chi connectivity index (χ2n) is 7.15. The minimum atomic E-state index is -4.70. The van der Waals surface area contributed by atoms with Gasteiger partial charge in [0.25, 0.3) is 5.91 Å². The summed E-state index contributed by atoms with van der Waals surface area (Å²) in [6, 6.07) is 6.75. The number of anilines is 1. The molecule has 1 fully saturated rings. The van der Waals surface area contributed by atoms with E-state index in [-0.39, 0.29) is 0 Å². The average Bonchev–Trinajstić information content (AvgIpc) is 3.29. The van der Waals surface area contributed by atoms with E-state index in [1.54, 1.807) is 24.3 Å². The Morgan fingerprint density at radius 1 is 1.29 bits per heavy atom. The van der Waals surface area contributed by atoms with Gasteiger partial charge in [-0.05, 0) is 30.9 Å². The first-order chi connectivity index (χ1) is 13.3. The molecule has 28 heavy (non-hydrogen) atoms. The number of carbonyl (C=O) groups excluding carboxylic acids is 1. The van der Waals surface area contributed by atoms with Gasteiger partial charge in [0.05, 0.1) is 17.9 Å². The lowest BCUT2D eigenvalue weighted by molar-refractivity contribution is -0.141. The summed E-state index contributed by atoms with van der Waals surface area (Å²) in [5.74, 6) is 0.340. The Bertz CT molecular complexity index is 811. The van der Waals surface area contributed by atoms with Crippen molar-refractivity contribution in [2.24, 2.45) is 13.0 Å². The Labute approximate surface area is 161 Å². The van der Waals surface area contributed by atoms with E-state index < -0.39 is 23.3 Å². The number of hydrogen-bond donors (Lipinski definition) is 1. The molecule has 1 heterocycles. The van der Waals surface area contributed by atoms with E-state index in [0.717, 1.165) is 29.6 Å². The van der Waals surface area contributed by atoms with E-state index in [2.05, 4.69) is 10.4 Å². The lowest BCUT2D eigenvalue weighted by Gasteiger charge is -2.14. The van der Waals surface area contributed by atoms with Gasteiger partial charge in [-0.3, -0.25) is 9.48 Å². The molecule has 1 saturated carbocycles. The Morgan fingerprint density at radius 2 is 2.00 bits per heavy atom. The molecule has 0 aliphatic heterocycles. The summed E-state index contributed by atoms with van der Waals surface area (Å²) >= 11 is 0. The molecule has 1 amide bonds. The molecule has 0 saturated heterocycles. The van der Waals surface area contributed by atoms with Crippen LogP contribution in [0.5, 0.6) is 5.75 Å². The zero-order chi connectivity index (χ0) is 20.1. The summed E-state index contributed by atoms with van der Waals surface area (Å²) in [4.78, 5) is 12.4. The van der Waals surface area contributed by atoms with Crippen LogP contribution in [0, 0.1) is 5.92 Å². The SMILES string of the molecule is Cn1cc(C(=O)Nc2ccccc2OCCCC2CCCC2)c(C(F)(F)F)n1. The first-order valence-corrected chi connectivity index (χ1v) is 9.48. The van der Waals surface area contributed by atoms with Crippen LogP contribution in [-0.4, -0.2) is 22.3 Å². The van der Waals surface area contributed by atoms with E-state index in [1.807, 2.05) is 0 Å². The lowest BCUT2D eigenvalue weighted by atomic mass is 10.0. The van der Waals surface area contributed by atoms with E-state index in [4.69, 9.17) is 4.74 Å². The number of nitrogens with one attached hydrogen (secondary N) is 1. The van der Waals surface area contributed by atoms with Crippen molar-refractivity contribution in [1.29, 1.82) is 0 Å². The second-order valence-corrected chi connectivity index (χ2v) is 7.15. The second kappa shape index (κ2) is 8.67. The molecule has 1 aliphatic carbocycles. The number of nitrogens with zero attached hydrogens (tertiary/aromatic N) is 2. The van der Waals surface area contributed by atoms with Gasteiger partial charge in [0.1, 0.15) is 5.75 Å². The van der Waals surface area contributed by atoms with Crippen molar-refractivity contribution in [3.05, 3.63) is 41.7 Å². The highest BCUT2D eigenvalue weighted by molar-refractivity contribution is 6.05. The third-order valence-corrected chi connectivity index (χ3v) is 4.97. The topological polar surface area (TPSA) is 56.2 Å². The molecule has 1 N–H and O–H groups in total. The molecular formula is C20H24F3N3O2. The molecule has 0 unspecified atom stereocenters. The van der Waals surface area contributed by atoms with E-state index >= 15 is 0 Å². The summed E-state index contributed by atoms with van der Waals surface area (Å²) in [5, 5.41) is 5.88. The summed E-state index contributed by atoms with van der Waals surface area (Å²) < 4.78 is 46.0. The van der Waals surface area contributed by atoms with Crippen molar-refractivity contribution >= 4 is 11.6 Å². The van der Waals surface area contributed by atoms with Crippen molar-refractivity contribution in [3.8, 4) is 5.75 Å². The van der Waals surface area contributed by atoms with Gasteiger partial charge in [-0.2, -0.15) is 18.3 Å². The first-order valence-electron chi connectivity index (χ1n) is 9.48. The smallest absolute Gasteiger partial charge is 0.435 e. The number of halogens is 3. The molecule has 0 spiro atoms. The largest absolute Gasteiger partial charge is 0.491 e. The molecule has 0 bridgehead atoms. The van der Waals surface area contributed by atoms with Crippen LogP contribution < -0.4 is 10.1 Å². The molecule has 0 radical (unpaired) electrons. The number of aryl methyl sites for hydroxylation is 1. The van der Waals surface area contributed by atoms with Crippen LogP contribution >= 0.6 is 0 Å². The Kier molecular flexibility index (Phi) is 6.26. The fraction of sp³-hybridized carbons (Fsp3) is 0.500. The van der Waals surface area contributed by atoms with Crippen molar-refractivity contribution < 1.29 is 22.7 Å². The van der Waals surface area contributed by atoms with Gasteiger partial charge in [-0.15, -0.1) is 0 Å². The number of ether oxygens (including phenoxy) is 1. The Hall–Kier alpha value is -2.51. The first kappa shape index (κ1) is 20.2. The van der Waals surface area contributed by atoms with Crippen molar-refractivity contribution in [3.63, 3.8) is 0 Å². The van der Waals surface area contributed by atoms with Crippen LogP contribution in [0.4, 0.5) is 18.9 Å². The number of rotatable bonds is 7. The van der Waals surface area contributed by atoms with Crippen LogP contribution in [0.3, 0.4) is 0 Å². The van der Waals surface area contributed by atoms with Gasteiger partial charge in [-0.1, -0.05) is 37.8 Å². The molecule has 3 rings (SSSR count). The number of amides is 1. The maximum absolute atomic E-state index is 13.1. The average molecular weight is 395 g/mol. The summed E-state index contributed by atoms with van der Waals surface area (Å²) in [5.41, 5.74) is -1.39. The minimum absolute atomic E-state index is 0.338. The number of hydrogen-bond acceptors (Lipinski definition) is 3. The zero-order valence-electron chi connectivity index (χ0n) is 15.8. The van der Waals surface area contributed by atoms with Gasteiger partial charge in [-0.25, -0.2) is 0 Å². The highest BCUT2D eigenvalue weighted by Gasteiger charge is 2.39. The Balaban J connectivity index is 1.63. The molecule has 8 heteroatoms. The van der Waals surface area contributed by atoms with Gasteiger partial charge in [0.2, 0.25) is 0 Å². The van der Waals surface area contributed by atoms with Crippen LogP contribution in [0.1, 0.15) is 54.6 Å². The van der Waals surface area contributed by atoms with E-state index in [0.29, 0.717) is 18.0 Å². The normalized spacial score (nSPS) is 15.0. The number of aromatic nitrogens is 2. The van der Waals surface area contributed by atoms with E-state index in [1.165, 1.54) is 32.7 Å². The highest BCUT2D eigenvalue weighted by atomic mass is 19.4. The van der Waals surface area contributed by atoms with Crippen molar-refractivity contribution in [2.45, 2.75) is 44.7 Å². The minimum Gasteiger partial charge on any atom is -0.491 e. The fourth-order valence-corrected chi connectivity index (χ4v) is 3.60. The van der Waals surface area contributed by atoms with Gasteiger partial charge in [0.15, 0.2) is 5.69 Å². The van der Waals surface area contributed by atoms with Crippen molar-refractivity contribution in [2.75, 3.05) is 11.9 Å². The number of benzene rings is 1. The molecular weight excluding hydrogens is 371 g/mol. The standard InChI is InChI=1S/C20H24F3N3O2/c1-26-13-15(18(25-26)20(21,22)23)19(27)24-16-10-4-5-11-17(16)28-12-6-9-14-7-2-3-8-14/h4-5,10-11,13-14H,2-3,6-9,12H2,1H3,(H,24,27). The maximum Gasteiger partial charge on any atom is 0.435 e. The predicted octanol–water partition coefficient (Wildman–Crippen LogP) is 5.04. The summed E-state index contributed by atoms with van der Waals surface area (Å²) in [6.07, 6.45) is 3.53. The number of carbonyl (C=O) groups is 1. The molecule has 1 aromatic heterocycles. The zero-order valence-corrected chi connectivity index (χ0v) is 15.8. The van der Waals surface area contributed by atoms with Gasteiger partial charge in [0, 0.05) is 13.2 Å². The molecule has 0 atom stereocenters. The van der Waals surface area contributed by atoms with Crippen LogP contribution in [0.25, 0.3) is 0 Å². The molecule has 1 aliphatic rings. The molecule has 2 aromatic rings. The lowest BCUT2D eigenvalue weighted by Crippen LogP contribution is -2.18. The molecule has 152 valence electrons. The molecule has 1 aromatic carbocycles. The summed E-state index contributed by atoms with van der Waals surface area (Å²) in [7, 11) is 1.34. The predicted molar refractivity (Wildman–Crippen MR) is 99.3 cm³/mol. The fourth-order valence-electron chi connectivity index (χ4n) is 3.60.